The van der Waals surface area contributed by atoms with E-state index in [0.717, 1.165) is 19.3 Å². The zero-order valence-corrected chi connectivity index (χ0v) is 14.7. The average Bonchev–Trinajstić information content (AvgIpc) is 3.26. The summed E-state index contributed by atoms with van der Waals surface area (Å²) in [5, 5.41) is 6.57. The second kappa shape index (κ2) is 6.60. The lowest BCUT2D eigenvalue weighted by molar-refractivity contribution is -0.0789. The molecular weight excluding hydrogens is 334 g/mol. The number of hydrogen-bond acceptors (Lipinski definition) is 6. The number of nitrogen functional groups attached to an aromatic ring is 1. The van der Waals surface area contributed by atoms with Crippen molar-refractivity contribution < 1.29 is 14.3 Å². The molecule has 1 amide bonds. The third-order valence-electron chi connectivity index (χ3n) is 5.56. The van der Waals surface area contributed by atoms with Gasteiger partial charge in [-0.05, 0) is 25.3 Å². The minimum Gasteiger partial charge on any atom is -0.474 e. The van der Waals surface area contributed by atoms with Crippen molar-refractivity contribution in [2.45, 2.75) is 43.4 Å². The first-order valence-electron chi connectivity index (χ1n) is 8.86. The molecule has 1 aliphatic carbocycles. The van der Waals surface area contributed by atoms with Gasteiger partial charge >= 0.3 is 0 Å². The quantitative estimate of drug-likeness (QED) is 0.861. The molecule has 1 saturated carbocycles. The fourth-order valence-corrected chi connectivity index (χ4v) is 4.20. The first kappa shape index (κ1) is 16.8. The Kier molecular flexibility index (Phi) is 4.28. The third kappa shape index (κ3) is 2.90. The summed E-state index contributed by atoms with van der Waals surface area (Å²) in [5.74, 6) is 0.821. The lowest BCUT2D eigenvalue weighted by Crippen LogP contribution is -2.53. The molecule has 0 radical (unpaired) electrons. The predicted molar refractivity (Wildman–Crippen MR) is 94.7 cm³/mol. The summed E-state index contributed by atoms with van der Waals surface area (Å²) in [4.78, 5) is 19.0. The Labute approximate surface area is 151 Å². The lowest BCUT2D eigenvalue weighted by Gasteiger charge is -2.43. The number of carbonyl (C=O) groups excluding carboxylic acids is 1. The van der Waals surface area contributed by atoms with Gasteiger partial charge < -0.3 is 20.1 Å². The highest BCUT2D eigenvalue weighted by Crippen LogP contribution is 2.43. The summed E-state index contributed by atoms with van der Waals surface area (Å²) in [5.41, 5.74) is 5.73. The maximum Gasteiger partial charge on any atom is 0.272 e. The zero-order chi connectivity index (χ0) is 18.1. The number of likely N-dealkylation sites (tertiary alicyclic amines) is 1. The number of amides is 1. The molecule has 138 valence electrons. The molecule has 3 N–H and O–H groups in total. The molecule has 3 heterocycles. The van der Waals surface area contributed by atoms with Crippen LogP contribution in [0.3, 0.4) is 0 Å². The number of nitrogens with two attached hydrogens (primary N) is 1. The van der Waals surface area contributed by atoms with Gasteiger partial charge in [-0.25, -0.2) is 4.98 Å². The van der Waals surface area contributed by atoms with Crippen molar-refractivity contribution in [1.29, 1.82) is 0 Å². The fourth-order valence-electron chi connectivity index (χ4n) is 4.20. The highest BCUT2D eigenvalue weighted by Gasteiger charge is 2.53. The van der Waals surface area contributed by atoms with Gasteiger partial charge in [-0.3, -0.25) is 9.89 Å². The molecule has 3 atom stereocenters. The van der Waals surface area contributed by atoms with Crippen LogP contribution < -0.4 is 10.5 Å². The minimum atomic E-state index is -0.314. The summed E-state index contributed by atoms with van der Waals surface area (Å²) in [6.07, 6.45) is 4.96. The molecule has 0 bridgehead atoms. The van der Waals surface area contributed by atoms with E-state index >= 15 is 0 Å². The van der Waals surface area contributed by atoms with Crippen LogP contribution in [0.5, 0.6) is 5.88 Å². The number of nitrogens with one attached hydrogen (secondary N) is 1. The van der Waals surface area contributed by atoms with E-state index in [2.05, 4.69) is 15.2 Å². The number of aromatic nitrogens is 3. The van der Waals surface area contributed by atoms with Gasteiger partial charge in [-0.15, -0.1) is 0 Å². The van der Waals surface area contributed by atoms with Crippen molar-refractivity contribution in [2.24, 2.45) is 0 Å². The summed E-state index contributed by atoms with van der Waals surface area (Å²) < 4.78 is 12.0. The summed E-state index contributed by atoms with van der Waals surface area (Å²) in [6.45, 7) is 0.645. The number of anilines is 1. The molecule has 1 aliphatic heterocycles. The highest BCUT2D eigenvalue weighted by atomic mass is 16.5. The zero-order valence-electron chi connectivity index (χ0n) is 14.7. The van der Waals surface area contributed by atoms with Gasteiger partial charge in [-0.1, -0.05) is 6.07 Å². The minimum absolute atomic E-state index is 0.00147. The molecule has 8 heteroatoms. The number of fused-ring (bicyclic) bond motifs is 1. The predicted octanol–water partition coefficient (Wildman–Crippen LogP) is 1.62. The van der Waals surface area contributed by atoms with Crippen molar-refractivity contribution in [3.05, 3.63) is 36.2 Å². The van der Waals surface area contributed by atoms with Crippen molar-refractivity contribution in [3.63, 3.8) is 0 Å². The Balaban J connectivity index is 1.53. The van der Waals surface area contributed by atoms with Crippen molar-refractivity contribution in [3.8, 4) is 5.88 Å². The first-order valence-corrected chi connectivity index (χ1v) is 8.86. The number of methoxy groups -OCH3 is 1. The monoisotopic (exact) mass is 357 g/mol. The fraction of sp³-hybridized carbons (Fsp3) is 0.500. The normalized spacial score (nSPS) is 28.0. The summed E-state index contributed by atoms with van der Waals surface area (Å²) >= 11 is 0. The van der Waals surface area contributed by atoms with Crippen molar-refractivity contribution in [2.75, 3.05) is 19.4 Å². The molecule has 0 unspecified atom stereocenters. The largest absolute Gasteiger partial charge is 0.474 e. The molecule has 0 spiro atoms. The standard InChI is InChI=1S/C18H23N5O3/c1-25-18-6-5-12(26-16-4-2-3-8-20-16)10-14(18)23(9-7-18)17(24)13-11-15(19)22-21-13/h2-4,8,11-12,14H,5-7,9-10H2,1H3,(H3,19,21,22)/t12-,14-,18+/m0/s1. The Morgan fingerprint density at radius 2 is 2.31 bits per heavy atom. The van der Waals surface area contributed by atoms with Crippen LogP contribution in [0.2, 0.25) is 0 Å². The number of hydrogen-bond donors (Lipinski definition) is 2. The number of H-pyrrole nitrogens is 1. The Morgan fingerprint density at radius 3 is 3.00 bits per heavy atom. The molecule has 0 aromatic carbocycles. The van der Waals surface area contributed by atoms with Crippen LogP contribution >= 0.6 is 0 Å². The van der Waals surface area contributed by atoms with E-state index in [9.17, 15) is 4.79 Å². The molecule has 2 aromatic heterocycles. The van der Waals surface area contributed by atoms with Crippen LogP contribution in [0.25, 0.3) is 0 Å². The van der Waals surface area contributed by atoms with Crippen molar-refractivity contribution >= 4 is 11.7 Å². The van der Waals surface area contributed by atoms with Crippen LogP contribution in [0.1, 0.15) is 36.2 Å². The first-order chi connectivity index (χ1) is 12.6. The molecule has 26 heavy (non-hydrogen) atoms. The van der Waals surface area contributed by atoms with Gasteiger partial charge in [0.25, 0.3) is 5.91 Å². The van der Waals surface area contributed by atoms with E-state index in [4.69, 9.17) is 15.2 Å². The molecule has 2 fully saturated rings. The van der Waals surface area contributed by atoms with Crippen LogP contribution in [0.4, 0.5) is 5.82 Å². The second-order valence-corrected chi connectivity index (χ2v) is 6.92. The van der Waals surface area contributed by atoms with Gasteiger partial charge in [0.15, 0.2) is 0 Å². The second-order valence-electron chi connectivity index (χ2n) is 6.92. The topological polar surface area (TPSA) is 106 Å². The van der Waals surface area contributed by atoms with E-state index < -0.39 is 0 Å². The summed E-state index contributed by atoms with van der Waals surface area (Å²) in [6, 6.07) is 7.13. The molecule has 4 rings (SSSR count). The number of rotatable bonds is 4. The molecule has 2 aromatic rings. The molecule has 1 saturated heterocycles. The smallest absolute Gasteiger partial charge is 0.272 e. The van der Waals surface area contributed by atoms with Crippen molar-refractivity contribution in [1.82, 2.24) is 20.1 Å². The van der Waals surface area contributed by atoms with Gasteiger partial charge in [0, 0.05) is 38.4 Å². The number of nitrogens with zero attached hydrogens (tertiary/aromatic N) is 3. The third-order valence-corrected chi connectivity index (χ3v) is 5.56. The average molecular weight is 357 g/mol. The van der Waals surface area contributed by atoms with E-state index in [1.54, 1.807) is 19.4 Å². The maximum absolute atomic E-state index is 12.9. The van der Waals surface area contributed by atoms with E-state index in [1.165, 1.54) is 0 Å². The Morgan fingerprint density at radius 1 is 1.42 bits per heavy atom. The van der Waals surface area contributed by atoms with Gasteiger partial charge in [0.05, 0.1) is 11.6 Å². The van der Waals surface area contributed by atoms with E-state index in [1.807, 2.05) is 23.1 Å². The maximum atomic E-state index is 12.9. The van der Waals surface area contributed by atoms with Gasteiger partial charge in [-0.2, -0.15) is 5.10 Å². The number of pyridine rings is 1. The van der Waals surface area contributed by atoms with Crippen LogP contribution in [-0.2, 0) is 4.74 Å². The number of carbonyl (C=O) groups is 1. The Hall–Kier alpha value is -2.61. The molecule has 2 aliphatic rings. The van der Waals surface area contributed by atoms with E-state index in [0.29, 0.717) is 30.4 Å². The van der Waals surface area contributed by atoms with Crippen LogP contribution in [0, 0.1) is 0 Å². The number of ether oxygens (including phenoxy) is 2. The van der Waals surface area contributed by atoms with Gasteiger partial charge in [0.1, 0.15) is 17.6 Å². The lowest BCUT2D eigenvalue weighted by atomic mass is 9.79. The molecular formula is C18H23N5O3. The van der Waals surface area contributed by atoms with Gasteiger partial charge in [0.2, 0.25) is 5.88 Å². The SMILES string of the molecule is CO[C@@]12CC[C@H](Oc3ccccn3)C[C@@H]1N(C(=O)c1cc(N)n[nH]1)CC2. The van der Waals surface area contributed by atoms with E-state index in [-0.39, 0.29) is 23.7 Å². The summed E-state index contributed by atoms with van der Waals surface area (Å²) in [7, 11) is 1.73. The molecule has 8 nitrogen and oxygen atoms in total. The van der Waals surface area contributed by atoms with Crippen LogP contribution in [0.15, 0.2) is 30.5 Å². The highest BCUT2D eigenvalue weighted by molar-refractivity contribution is 5.93. The Bertz CT molecular complexity index is 780. The number of aromatic amines is 1. The van der Waals surface area contributed by atoms with Crippen LogP contribution in [-0.4, -0.2) is 57.4 Å².